The molecule has 3 rings (SSSR count). The summed E-state index contributed by atoms with van der Waals surface area (Å²) >= 11 is 7.37. The number of amides is 2. The Hall–Kier alpha value is -2.47. The molecule has 0 aliphatic carbocycles. The second-order valence-electron chi connectivity index (χ2n) is 8.85. The summed E-state index contributed by atoms with van der Waals surface area (Å²) in [5, 5.41) is 7.40. The van der Waals surface area contributed by atoms with Crippen molar-refractivity contribution in [2.45, 2.75) is 50.5 Å². The minimum atomic E-state index is -3.87. The molecule has 196 valence electrons. The second kappa shape index (κ2) is 12.7. The highest BCUT2D eigenvalue weighted by Crippen LogP contribution is 2.22. The van der Waals surface area contributed by atoms with Crippen LogP contribution in [0.25, 0.3) is 10.2 Å². The third-order valence-electron chi connectivity index (χ3n) is 5.52. The van der Waals surface area contributed by atoms with Crippen LogP contribution in [0.4, 0.5) is 4.39 Å². The van der Waals surface area contributed by atoms with E-state index in [1.165, 1.54) is 11.3 Å². The molecule has 0 aliphatic rings. The van der Waals surface area contributed by atoms with Gasteiger partial charge in [-0.05, 0) is 67.3 Å². The molecular formula is C24H30ClFN4O4S2. The number of rotatable bonds is 13. The van der Waals surface area contributed by atoms with E-state index in [1.807, 2.05) is 11.4 Å². The number of hydrogen-bond donors (Lipinski definition) is 4. The van der Waals surface area contributed by atoms with Crippen molar-refractivity contribution in [3.8, 4) is 0 Å². The van der Waals surface area contributed by atoms with E-state index in [2.05, 4.69) is 34.2 Å². The zero-order valence-electron chi connectivity index (χ0n) is 20.1. The summed E-state index contributed by atoms with van der Waals surface area (Å²) in [6.45, 7) is 4.56. The first-order chi connectivity index (χ1) is 17.1. The van der Waals surface area contributed by atoms with Crippen molar-refractivity contribution in [1.82, 2.24) is 20.3 Å². The summed E-state index contributed by atoms with van der Waals surface area (Å²) in [6, 6.07) is 6.07. The average molecular weight is 557 g/mol. The van der Waals surface area contributed by atoms with Gasteiger partial charge in [-0.2, -0.15) is 0 Å². The van der Waals surface area contributed by atoms with Gasteiger partial charge in [0.05, 0.1) is 15.2 Å². The lowest BCUT2D eigenvalue weighted by atomic mass is 10.0. The quantitative estimate of drug-likeness (QED) is 0.233. The summed E-state index contributed by atoms with van der Waals surface area (Å²) in [4.78, 5) is 28.4. The van der Waals surface area contributed by atoms with Crippen molar-refractivity contribution >= 4 is 55.0 Å². The van der Waals surface area contributed by atoms with Gasteiger partial charge in [0.1, 0.15) is 22.4 Å². The Labute approximate surface area is 219 Å². The van der Waals surface area contributed by atoms with Gasteiger partial charge >= 0.3 is 0 Å². The minimum absolute atomic E-state index is 0.128. The smallest absolute Gasteiger partial charge is 0.268 e. The van der Waals surface area contributed by atoms with Gasteiger partial charge in [-0.1, -0.05) is 25.4 Å². The molecule has 12 heteroatoms. The summed E-state index contributed by atoms with van der Waals surface area (Å²) in [6.07, 6.45) is 2.25. The molecule has 0 fully saturated rings. The minimum Gasteiger partial charge on any atom is -0.354 e. The average Bonchev–Trinajstić information content (AvgIpc) is 3.41. The molecule has 2 amide bonds. The van der Waals surface area contributed by atoms with E-state index in [-0.39, 0.29) is 28.3 Å². The van der Waals surface area contributed by atoms with Crippen molar-refractivity contribution in [3.63, 3.8) is 0 Å². The number of halogens is 2. The first-order valence-electron chi connectivity index (χ1n) is 11.7. The normalized spacial score (nSPS) is 12.7. The van der Waals surface area contributed by atoms with Crippen molar-refractivity contribution in [3.05, 3.63) is 52.2 Å². The van der Waals surface area contributed by atoms with Crippen LogP contribution in [0.3, 0.4) is 0 Å². The van der Waals surface area contributed by atoms with Crippen LogP contribution in [0.5, 0.6) is 0 Å². The Kier molecular flexibility index (Phi) is 9.89. The second-order valence-corrected chi connectivity index (χ2v) is 11.9. The molecule has 0 radical (unpaired) electrons. The van der Waals surface area contributed by atoms with Gasteiger partial charge in [-0.15, -0.1) is 11.3 Å². The highest BCUT2D eigenvalue weighted by Gasteiger charge is 2.23. The summed E-state index contributed by atoms with van der Waals surface area (Å²) in [5.41, 5.74) is 1.29. The summed E-state index contributed by atoms with van der Waals surface area (Å²) < 4.78 is 41.3. The fourth-order valence-corrected chi connectivity index (χ4v) is 5.92. The predicted octanol–water partition coefficient (Wildman–Crippen LogP) is 4.43. The Bertz CT molecular complexity index is 1280. The van der Waals surface area contributed by atoms with Gasteiger partial charge in [-0.25, -0.2) is 17.5 Å². The van der Waals surface area contributed by atoms with E-state index < -0.39 is 21.9 Å². The molecule has 2 heterocycles. The Morgan fingerprint density at radius 2 is 1.86 bits per heavy atom. The highest BCUT2D eigenvalue weighted by molar-refractivity contribution is 7.89. The Morgan fingerprint density at radius 1 is 1.11 bits per heavy atom. The maximum Gasteiger partial charge on any atom is 0.268 e. The van der Waals surface area contributed by atoms with Crippen LogP contribution in [0.1, 0.15) is 50.0 Å². The molecule has 36 heavy (non-hydrogen) atoms. The number of carbonyl (C=O) groups excluding carboxylic acids is 2. The van der Waals surface area contributed by atoms with E-state index >= 15 is 0 Å². The Balaban J connectivity index is 1.46. The van der Waals surface area contributed by atoms with Gasteiger partial charge in [0, 0.05) is 13.1 Å². The van der Waals surface area contributed by atoms with Crippen molar-refractivity contribution < 1.29 is 22.4 Å². The van der Waals surface area contributed by atoms with Crippen molar-refractivity contribution in [2.75, 3.05) is 13.1 Å². The lowest BCUT2D eigenvalue weighted by Crippen LogP contribution is -2.47. The monoisotopic (exact) mass is 556 g/mol. The third kappa shape index (κ3) is 7.76. The first kappa shape index (κ1) is 28.1. The van der Waals surface area contributed by atoms with Crippen LogP contribution in [-0.2, 0) is 14.8 Å². The van der Waals surface area contributed by atoms with E-state index in [1.54, 1.807) is 6.07 Å². The first-order valence-corrected chi connectivity index (χ1v) is 14.4. The Morgan fingerprint density at radius 3 is 2.56 bits per heavy atom. The largest absolute Gasteiger partial charge is 0.354 e. The van der Waals surface area contributed by atoms with Crippen LogP contribution in [0, 0.1) is 11.7 Å². The van der Waals surface area contributed by atoms with Gasteiger partial charge in [0.25, 0.3) is 5.91 Å². The molecule has 1 atom stereocenters. The van der Waals surface area contributed by atoms with Crippen LogP contribution in [0.15, 0.2) is 40.6 Å². The molecule has 0 saturated carbocycles. The third-order valence-corrected chi connectivity index (χ3v) is 8.33. The number of unbranched alkanes of at least 4 members (excludes halogenated alkanes) is 1. The van der Waals surface area contributed by atoms with E-state index in [0.717, 1.165) is 34.8 Å². The predicted molar refractivity (Wildman–Crippen MR) is 140 cm³/mol. The van der Waals surface area contributed by atoms with Crippen LogP contribution in [-0.4, -0.2) is 44.3 Å². The highest BCUT2D eigenvalue weighted by atomic mass is 35.5. The molecule has 0 bridgehead atoms. The van der Waals surface area contributed by atoms with E-state index in [9.17, 15) is 22.4 Å². The van der Waals surface area contributed by atoms with Gasteiger partial charge in [-0.3, -0.25) is 9.59 Å². The zero-order valence-corrected chi connectivity index (χ0v) is 22.5. The number of H-pyrrole nitrogens is 1. The molecular weight excluding hydrogens is 527 g/mol. The van der Waals surface area contributed by atoms with Crippen LogP contribution >= 0.6 is 22.9 Å². The summed E-state index contributed by atoms with van der Waals surface area (Å²) in [5.74, 6) is -0.867. The number of aromatic nitrogens is 1. The van der Waals surface area contributed by atoms with E-state index in [4.69, 9.17) is 11.6 Å². The number of sulfonamides is 1. The van der Waals surface area contributed by atoms with Gasteiger partial charge in [0.15, 0.2) is 0 Å². The molecule has 0 aliphatic heterocycles. The molecule has 1 aromatic carbocycles. The fourth-order valence-electron chi connectivity index (χ4n) is 3.54. The molecule has 0 spiro atoms. The number of thiophene rings is 1. The molecule has 4 N–H and O–H groups in total. The number of benzene rings is 1. The van der Waals surface area contributed by atoms with E-state index in [0.29, 0.717) is 37.4 Å². The standard InChI is InChI=1S/C24H30ClFN4O4S2/c1-15(2)5-7-19(30-24(32)20-14-21-18(29-20)9-12-35-21)23(31)27-10-3-4-11-28-36(33,34)22-8-6-16(26)13-17(22)25/h6,8-9,12-15,19,28-29H,3-5,7,10-11H2,1-2H3,(H,27,31)(H,30,32). The number of aromatic amines is 1. The van der Waals surface area contributed by atoms with Crippen molar-refractivity contribution in [1.29, 1.82) is 0 Å². The summed E-state index contributed by atoms with van der Waals surface area (Å²) in [7, 11) is -3.87. The van der Waals surface area contributed by atoms with Crippen LogP contribution in [0.2, 0.25) is 5.02 Å². The molecule has 3 aromatic rings. The van der Waals surface area contributed by atoms with Gasteiger partial charge in [0.2, 0.25) is 15.9 Å². The fraction of sp³-hybridized carbons (Fsp3) is 0.417. The number of carbonyl (C=O) groups is 2. The van der Waals surface area contributed by atoms with Crippen molar-refractivity contribution in [2.24, 2.45) is 5.92 Å². The maximum absolute atomic E-state index is 13.2. The SMILES string of the molecule is CC(C)CCC(NC(=O)c1cc2sccc2[nH]1)C(=O)NCCCCNS(=O)(=O)c1ccc(F)cc1Cl. The van der Waals surface area contributed by atoms with Gasteiger partial charge < -0.3 is 15.6 Å². The lowest BCUT2D eigenvalue weighted by Gasteiger charge is -2.19. The number of nitrogens with one attached hydrogen (secondary N) is 4. The van der Waals surface area contributed by atoms with Crippen LogP contribution < -0.4 is 15.4 Å². The topological polar surface area (TPSA) is 120 Å². The lowest BCUT2D eigenvalue weighted by molar-refractivity contribution is -0.123. The number of hydrogen-bond acceptors (Lipinski definition) is 5. The molecule has 1 unspecified atom stereocenters. The molecule has 8 nitrogen and oxygen atoms in total. The molecule has 0 saturated heterocycles. The molecule has 2 aromatic heterocycles. The maximum atomic E-state index is 13.2. The number of fused-ring (bicyclic) bond motifs is 1. The zero-order chi connectivity index (χ0) is 26.3.